The summed E-state index contributed by atoms with van der Waals surface area (Å²) in [5.74, 6) is 0.0744. The van der Waals surface area contributed by atoms with Crippen LogP contribution in [0.4, 0.5) is 15.1 Å². The van der Waals surface area contributed by atoms with Gasteiger partial charge in [0, 0.05) is 19.1 Å². The number of aromatic nitrogens is 2. The molecule has 0 spiro atoms. The van der Waals surface area contributed by atoms with E-state index in [9.17, 15) is 9.18 Å². The van der Waals surface area contributed by atoms with Crippen molar-refractivity contribution < 1.29 is 13.9 Å². The van der Waals surface area contributed by atoms with E-state index < -0.39 is 0 Å². The second-order valence-electron chi connectivity index (χ2n) is 6.12. The van der Waals surface area contributed by atoms with E-state index in [0.717, 1.165) is 12.8 Å². The average Bonchev–Trinajstić information content (AvgIpc) is 2.82. The van der Waals surface area contributed by atoms with Gasteiger partial charge >= 0.3 is 6.09 Å². The van der Waals surface area contributed by atoms with Gasteiger partial charge in [-0.1, -0.05) is 0 Å². The number of nitrogen functional groups attached to an aromatic ring is 1. The Hall–Kier alpha value is -2.31. The number of hydrogen-bond acceptors (Lipinski definition) is 4. The summed E-state index contributed by atoms with van der Waals surface area (Å²) in [6.45, 7) is 4.84. The number of nitrogens with zero attached hydrogens (tertiary/aromatic N) is 3. The third-order valence-corrected chi connectivity index (χ3v) is 4.10. The van der Waals surface area contributed by atoms with Crippen LogP contribution in [0.3, 0.4) is 0 Å². The van der Waals surface area contributed by atoms with Crippen molar-refractivity contribution in [3.63, 3.8) is 0 Å². The molecular formula is C16H21FN4O2. The minimum atomic E-state index is -0.309. The minimum absolute atomic E-state index is 0.102. The molecule has 2 heterocycles. The number of carbonyl (C=O) groups is 1. The third kappa shape index (κ3) is 3.09. The first-order valence-electron chi connectivity index (χ1n) is 7.84. The number of rotatable bonds is 2. The van der Waals surface area contributed by atoms with E-state index in [0.29, 0.717) is 30.1 Å². The molecule has 1 aliphatic rings. The second kappa shape index (κ2) is 6.06. The molecule has 0 aliphatic carbocycles. The molecule has 0 saturated carbocycles. The van der Waals surface area contributed by atoms with Gasteiger partial charge in [0.25, 0.3) is 0 Å². The number of carbonyl (C=O) groups excluding carboxylic acids is 1. The quantitative estimate of drug-likeness (QED) is 0.923. The van der Waals surface area contributed by atoms with Gasteiger partial charge in [-0.15, -0.1) is 0 Å². The summed E-state index contributed by atoms with van der Waals surface area (Å²) in [4.78, 5) is 17.9. The number of ether oxygens (including phenoxy) is 1. The van der Waals surface area contributed by atoms with Crippen molar-refractivity contribution >= 4 is 23.1 Å². The van der Waals surface area contributed by atoms with Gasteiger partial charge < -0.3 is 19.9 Å². The molecule has 0 bridgehead atoms. The first-order valence-corrected chi connectivity index (χ1v) is 7.84. The predicted molar refractivity (Wildman–Crippen MR) is 85.6 cm³/mol. The predicted octanol–water partition coefficient (Wildman–Crippen LogP) is 2.94. The number of piperidine rings is 1. The van der Waals surface area contributed by atoms with Gasteiger partial charge in [-0.25, -0.2) is 14.2 Å². The van der Waals surface area contributed by atoms with Crippen LogP contribution in [0.5, 0.6) is 0 Å². The van der Waals surface area contributed by atoms with Crippen LogP contribution in [-0.2, 0) is 4.74 Å². The van der Waals surface area contributed by atoms with Crippen LogP contribution in [0.15, 0.2) is 18.2 Å². The fourth-order valence-electron chi connectivity index (χ4n) is 3.05. The number of anilines is 1. The molecule has 124 valence electrons. The summed E-state index contributed by atoms with van der Waals surface area (Å²) >= 11 is 0. The van der Waals surface area contributed by atoms with E-state index in [-0.39, 0.29) is 24.1 Å². The van der Waals surface area contributed by atoms with Gasteiger partial charge in [0.05, 0.1) is 17.1 Å². The maximum absolute atomic E-state index is 13.5. The van der Waals surface area contributed by atoms with Gasteiger partial charge in [-0.05, 0) is 44.9 Å². The van der Waals surface area contributed by atoms with E-state index >= 15 is 0 Å². The summed E-state index contributed by atoms with van der Waals surface area (Å²) in [5, 5.41) is 0. The lowest BCUT2D eigenvalue weighted by Gasteiger charge is -2.33. The third-order valence-electron chi connectivity index (χ3n) is 4.10. The molecule has 2 aromatic rings. The van der Waals surface area contributed by atoms with E-state index in [2.05, 4.69) is 4.98 Å². The van der Waals surface area contributed by atoms with Crippen LogP contribution in [0.1, 0.15) is 32.7 Å². The van der Waals surface area contributed by atoms with Crippen molar-refractivity contribution in [2.75, 3.05) is 18.8 Å². The normalized spacial score (nSPS) is 16.3. The van der Waals surface area contributed by atoms with Crippen molar-refractivity contribution in [1.82, 2.24) is 14.5 Å². The molecule has 0 radical (unpaired) electrons. The maximum atomic E-state index is 13.5. The van der Waals surface area contributed by atoms with Crippen molar-refractivity contribution in [2.24, 2.45) is 0 Å². The summed E-state index contributed by atoms with van der Waals surface area (Å²) in [7, 11) is 0. The van der Waals surface area contributed by atoms with E-state index in [4.69, 9.17) is 10.5 Å². The zero-order valence-electron chi connectivity index (χ0n) is 13.3. The molecular weight excluding hydrogens is 299 g/mol. The highest BCUT2D eigenvalue weighted by atomic mass is 19.1. The van der Waals surface area contributed by atoms with E-state index in [1.165, 1.54) is 12.1 Å². The number of imidazole rings is 1. The number of fused-ring (bicyclic) bond motifs is 1. The van der Waals surface area contributed by atoms with Gasteiger partial charge in [0.15, 0.2) is 0 Å². The number of nitrogens with two attached hydrogens (primary N) is 1. The van der Waals surface area contributed by atoms with Crippen molar-refractivity contribution in [2.45, 2.75) is 38.8 Å². The van der Waals surface area contributed by atoms with Crippen LogP contribution in [0.25, 0.3) is 11.0 Å². The van der Waals surface area contributed by atoms with Gasteiger partial charge in [0.1, 0.15) is 5.82 Å². The molecule has 23 heavy (non-hydrogen) atoms. The fourth-order valence-corrected chi connectivity index (χ4v) is 3.05. The van der Waals surface area contributed by atoms with E-state index in [1.54, 1.807) is 11.0 Å². The Bertz CT molecular complexity index is 720. The average molecular weight is 320 g/mol. The summed E-state index contributed by atoms with van der Waals surface area (Å²) in [5.41, 5.74) is 7.40. The topological polar surface area (TPSA) is 73.4 Å². The largest absolute Gasteiger partial charge is 0.447 e. The van der Waals surface area contributed by atoms with Crippen LogP contribution < -0.4 is 5.73 Å². The standard InChI is InChI=1S/C16H21FN4O2/c1-10(2)23-16(22)20-7-5-12(6-8-20)21-14-9-11(17)3-4-13(14)19-15(21)18/h3-4,9-10,12H,5-8H2,1-2H3,(H2,18,19). The van der Waals surface area contributed by atoms with Crippen molar-refractivity contribution in [3.05, 3.63) is 24.0 Å². The van der Waals surface area contributed by atoms with E-state index in [1.807, 2.05) is 18.4 Å². The molecule has 0 atom stereocenters. The van der Waals surface area contributed by atoms with Crippen LogP contribution in [0.2, 0.25) is 0 Å². The Morgan fingerprint density at radius 2 is 2.09 bits per heavy atom. The first-order chi connectivity index (χ1) is 11.0. The molecule has 7 heteroatoms. The molecule has 1 aromatic carbocycles. The lowest BCUT2D eigenvalue weighted by atomic mass is 10.0. The highest BCUT2D eigenvalue weighted by Gasteiger charge is 2.27. The Kier molecular flexibility index (Phi) is 4.11. The Labute approximate surface area is 134 Å². The molecule has 0 unspecified atom stereocenters. The lowest BCUT2D eigenvalue weighted by molar-refractivity contribution is 0.0664. The molecule has 6 nitrogen and oxygen atoms in total. The van der Waals surface area contributed by atoms with Crippen LogP contribution in [0, 0.1) is 5.82 Å². The number of benzene rings is 1. The Morgan fingerprint density at radius 3 is 2.74 bits per heavy atom. The Morgan fingerprint density at radius 1 is 1.39 bits per heavy atom. The van der Waals surface area contributed by atoms with Crippen molar-refractivity contribution in [3.8, 4) is 0 Å². The molecule has 3 rings (SSSR count). The molecule has 1 saturated heterocycles. The van der Waals surface area contributed by atoms with Crippen LogP contribution >= 0.6 is 0 Å². The summed E-state index contributed by atoms with van der Waals surface area (Å²) in [6, 6.07) is 4.57. The molecule has 2 N–H and O–H groups in total. The fraction of sp³-hybridized carbons (Fsp3) is 0.500. The zero-order valence-corrected chi connectivity index (χ0v) is 13.3. The smallest absolute Gasteiger partial charge is 0.410 e. The van der Waals surface area contributed by atoms with Crippen molar-refractivity contribution in [1.29, 1.82) is 0 Å². The minimum Gasteiger partial charge on any atom is -0.447 e. The second-order valence-corrected chi connectivity index (χ2v) is 6.12. The highest BCUT2D eigenvalue weighted by Crippen LogP contribution is 2.30. The van der Waals surface area contributed by atoms with Gasteiger partial charge in [-0.3, -0.25) is 0 Å². The SMILES string of the molecule is CC(C)OC(=O)N1CCC(n2c(N)nc3ccc(F)cc32)CC1. The number of halogens is 1. The maximum Gasteiger partial charge on any atom is 0.410 e. The number of hydrogen-bond donors (Lipinski definition) is 1. The number of likely N-dealkylation sites (tertiary alicyclic amines) is 1. The molecule has 1 amide bonds. The monoisotopic (exact) mass is 320 g/mol. The van der Waals surface area contributed by atoms with Gasteiger partial charge in [0.2, 0.25) is 5.95 Å². The molecule has 1 aliphatic heterocycles. The lowest BCUT2D eigenvalue weighted by Crippen LogP contribution is -2.40. The summed E-state index contributed by atoms with van der Waals surface area (Å²) in [6.07, 6.45) is 1.06. The molecule has 1 aromatic heterocycles. The van der Waals surface area contributed by atoms with Crippen LogP contribution in [-0.4, -0.2) is 39.7 Å². The summed E-state index contributed by atoms with van der Waals surface area (Å²) < 4.78 is 20.6. The zero-order chi connectivity index (χ0) is 16.6. The first kappa shape index (κ1) is 15.6. The Balaban J connectivity index is 1.77. The van der Waals surface area contributed by atoms with Gasteiger partial charge in [-0.2, -0.15) is 0 Å². The molecule has 1 fully saturated rings. The highest BCUT2D eigenvalue weighted by molar-refractivity contribution is 5.78. The number of amides is 1.